The van der Waals surface area contributed by atoms with Crippen LogP contribution >= 0.6 is 11.6 Å². The topological polar surface area (TPSA) is 106 Å². The number of primary amides is 1. The van der Waals surface area contributed by atoms with Gasteiger partial charge >= 0.3 is 0 Å². The van der Waals surface area contributed by atoms with Gasteiger partial charge in [0, 0.05) is 26.1 Å². The fraction of sp³-hybridized carbons (Fsp3) is 0.600. The predicted octanol–water partition coefficient (Wildman–Crippen LogP) is -0.351. The summed E-state index contributed by atoms with van der Waals surface area (Å²) in [6, 6.07) is 0. The van der Waals surface area contributed by atoms with Crippen LogP contribution in [0.3, 0.4) is 0 Å². The van der Waals surface area contributed by atoms with Crippen LogP contribution in [0.15, 0.2) is 0 Å². The Labute approximate surface area is 115 Å². The maximum Gasteiger partial charge on any atom is 0.231 e. The molecule has 1 saturated heterocycles. The maximum absolute atomic E-state index is 10.7. The molecule has 0 atom stereocenters. The predicted molar refractivity (Wildman–Crippen MR) is 70.2 cm³/mol. The number of hydrogen-bond donors (Lipinski definition) is 2. The fourth-order valence-electron chi connectivity index (χ4n) is 1.62. The molecule has 1 fully saturated rings. The summed E-state index contributed by atoms with van der Waals surface area (Å²) in [5.74, 6) is 0.452. The molecule has 1 aliphatic heterocycles. The molecular weight excluding hydrogens is 272 g/mol. The SMILES string of the molecule is NC(=O)CCNc1nc(Cl)nc(N2CCOCC2)n1. The Kier molecular flexibility index (Phi) is 4.69. The molecule has 3 N–H and O–H groups in total. The van der Waals surface area contributed by atoms with Crippen LogP contribution in [0.5, 0.6) is 0 Å². The van der Waals surface area contributed by atoms with Crippen LogP contribution in [-0.2, 0) is 9.53 Å². The summed E-state index contributed by atoms with van der Waals surface area (Å²) in [7, 11) is 0. The lowest BCUT2D eigenvalue weighted by Gasteiger charge is -2.26. The van der Waals surface area contributed by atoms with Crippen molar-refractivity contribution in [1.29, 1.82) is 0 Å². The standard InChI is InChI=1S/C10H15ClN6O2/c11-8-14-9(13-2-1-7(12)18)16-10(15-8)17-3-5-19-6-4-17/h1-6H2,(H2,12,18)(H,13,14,15,16). The molecule has 0 aliphatic carbocycles. The minimum absolute atomic E-state index is 0.109. The van der Waals surface area contributed by atoms with Crippen molar-refractivity contribution in [2.24, 2.45) is 5.73 Å². The lowest BCUT2D eigenvalue weighted by Crippen LogP contribution is -2.37. The van der Waals surface area contributed by atoms with E-state index in [2.05, 4.69) is 20.3 Å². The number of hydrogen-bond acceptors (Lipinski definition) is 7. The van der Waals surface area contributed by atoms with E-state index in [4.69, 9.17) is 22.1 Å². The number of carbonyl (C=O) groups is 1. The van der Waals surface area contributed by atoms with Gasteiger partial charge in [-0.25, -0.2) is 0 Å². The van der Waals surface area contributed by atoms with E-state index in [-0.39, 0.29) is 17.6 Å². The number of ether oxygens (including phenoxy) is 1. The lowest BCUT2D eigenvalue weighted by atomic mass is 10.4. The fourth-order valence-corrected chi connectivity index (χ4v) is 1.78. The Morgan fingerprint density at radius 1 is 1.37 bits per heavy atom. The van der Waals surface area contributed by atoms with Crippen LogP contribution < -0.4 is 16.0 Å². The third kappa shape index (κ3) is 4.18. The Morgan fingerprint density at radius 3 is 2.79 bits per heavy atom. The first-order valence-electron chi connectivity index (χ1n) is 5.91. The second-order valence-corrected chi connectivity index (χ2v) is 4.31. The highest BCUT2D eigenvalue weighted by molar-refractivity contribution is 6.28. The van der Waals surface area contributed by atoms with E-state index in [0.29, 0.717) is 44.7 Å². The minimum atomic E-state index is -0.388. The summed E-state index contributed by atoms with van der Waals surface area (Å²) < 4.78 is 5.26. The second kappa shape index (κ2) is 6.48. The summed E-state index contributed by atoms with van der Waals surface area (Å²) in [6.07, 6.45) is 0.205. The van der Waals surface area contributed by atoms with E-state index in [1.165, 1.54) is 0 Å². The van der Waals surface area contributed by atoms with Gasteiger partial charge in [-0.3, -0.25) is 4.79 Å². The zero-order valence-corrected chi connectivity index (χ0v) is 11.1. The van der Waals surface area contributed by atoms with E-state index >= 15 is 0 Å². The van der Waals surface area contributed by atoms with Crippen molar-refractivity contribution in [3.63, 3.8) is 0 Å². The number of nitrogens with one attached hydrogen (secondary N) is 1. The number of aromatic nitrogens is 3. The molecule has 0 spiro atoms. The van der Waals surface area contributed by atoms with Crippen molar-refractivity contribution in [2.75, 3.05) is 43.1 Å². The first kappa shape index (κ1) is 13.8. The number of morpholine rings is 1. The van der Waals surface area contributed by atoms with Gasteiger partial charge in [-0.15, -0.1) is 0 Å². The molecule has 0 aromatic carbocycles. The number of anilines is 2. The maximum atomic E-state index is 10.7. The Balaban J connectivity index is 2.03. The first-order valence-corrected chi connectivity index (χ1v) is 6.29. The number of halogens is 1. The third-order valence-electron chi connectivity index (χ3n) is 2.54. The van der Waals surface area contributed by atoms with Crippen LogP contribution in [0.1, 0.15) is 6.42 Å². The van der Waals surface area contributed by atoms with Gasteiger partial charge in [0.25, 0.3) is 0 Å². The van der Waals surface area contributed by atoms with Crippen LogP contribution in [0, 0.1) is 0 Å². The zero-order chi connectivity index (χ0) is 13.7. The number of nitrogens with two attached hydrogens (primary N) is 1. The van der Waals surface area contributed by atoms with Gasteiger partial charge in [0.05, 0.1) is 13.2 Å². The highest BCUT2D eigenvalue weighted by Crippen LogP contribution is 2.14. The normalized spacial score (nSPS) is 15.3. The zero-order valence-electron chi connectivity index (χ0n) is 10.3. The average Bonchev–Trinajstić information content (AvgIpc) is 2.39. The average molecular weight is 287 g/mol. The van der Waals surface area contributed by atoms with Gasteiger partial charge in [-0.05, 0) is 11.6 Å². The van der Waals surface area contributed by atoms with E-state index in [1.807, 2.05) is 4.90 Å². The lowest BCUT2D eigenvalue weighted by molar-refractivity contribution is -0.117. The van der Waals surface area contributed by atoms with Crippen molar-refractivity contribution in [1.82, 2.24) is 15.0 Å². The van der Waals surface area contributed by atoms with Crippen LogP contribution in [0.2, 0.25) is 5.28 Å². The van der Waals surface area contributed by atoms with Crippen molar-refractivity contribution in [3.05, 3.63) is 5.28 Å². The van der Waals surface area contributed by atoms with Crippen molar-refractivity contribution >= 4 is 29.4 Å². The van der Waals surface area contributed by atoms with E-state index in [9.17, 15) is 4.79 Å². The van der Waals surface area contributed by atoms with Crippen LogP contribution in [-0.4, -0.2) is 53.7 Å². The summed E-state index contributed by atoms with van der Waals surface area (Å²) in [5, 5.41) is 3.00. The Hall–Kier alpha value is -1.67. The second-order valence-electron chi connectivity index (χ2n) is 3.97. The van der Waals surface area contributed by atoms with Crippen molar-refractivity contribution < 1.29 is 9.53 Å². The van der Waals surface area contributed by atoms with Crippen molar-refractivity contribution in [2.45, 2.75) is 6.42 Å². The molecular formula is C10H15ClN6O2. The molecule has 19 heavy (non-hydrogen) atoms. The molecule has 1 aromatic heterocycles. The van der Waals surface area contributed by atoms with Gasteiger partial charge in [0.1, 0.15) is 0 Å². The Bertz CT molecular complexity index is 452. The number of rotatable bonds is 5. The molecule has 0 saturated carbocycles. The summed E-state index contributed by atoms with van der Waals surface area (Å²) in [4.78, 5) is 24.9. The smallest absolute Gasteiger partial charge is 0.231 e. The molecule has 1 amide bonds. The molecule has 8 nitrogen and oxygen atoms in total. The minimum Gasteiger partial charge on any atom is -0.378 e. The molecule has 0 radical (unpaired) electrons. The van der Waals surface area contributed by atoms with Crippen molar-refractivity contribution in [3.8, 4) is 0 Å². The number of carbonyl (C=O) groups excluding carboxylic acids is 1. The van der Waals surface area contributed by atoms with E-state index in [0.717, 1.165) is 0 Å². The molecule has 2 rings (SSSR count). The molecule has 1 aliphatic rings. The summed E-state index contributed by atoms with van der Waals surface area (Å²) >= 11 is 5.86. The molecule has 0 unspecified atom stereocenters. The number of nitrogens with zero attached hydrogens (tertiary/aromatic N) is 4. The highest BCUT2D eigenvalue weighted by Gasteiger charge is 2.15. The summed E-state index contributed by atoms with van der Waals surface area (Å²) in [5.41, 5.74) is 5.05. The first-order chi connectivity index (χ1) is 9.15. The van der Waals surface area contributed by atoms with E-state index < -0.39 is 0 Å². The largest absolute Gasteiger partial charge is 0.378 e. The van der Waals surface area contributed by atoms with Gasteiger partial charge in [-0.1, -0.05) is 0 Å². The van der Waals surface area contributed by atoms with Gasteiger partial charge in [0.15, 0.2) is 0 Å². The quantitative estimate of drug-likeness (QED) is 0.762. The summed E-state index contributed by atoms with van der Waals surface area (Å²) in [6.45, 7) is 3.04. The molecule has 9 heteroatoms. The molecule has 1 aromatic rings. The van der Waals surface area contributed by atoms with Gasteiger partial charge in [-0.2, -0.15) is 15.0 Å². The monoisotopic (exact) mass is 286 g/mol. The third-order valence-corrected chi connectivity index (χ3v) is 2.71. The van der Waals surface area contributed by atoms with Crippen LogP contribution in [0.25, 0.3) is 0 Å². The van der Waals surface area contributed by atoms with Gasteiger partial charge in [0.2, 0.25) is 23.1 Å². The molecule has 0 bridgehead atoms. The van der Waals surface area contributed by atoms with E-state index in [1.54, 1.807) is 0 Å². The number of amides is 1. The van der Waals surface area contributed by atoms with Crippen LogP contribution in [0.4, 0.5) is 11.9 Å². The van der Waals surface area contributed by atoms with Gasteiger partial charge < -0.3 is 20.7 Å². The Morgan fingerprint density at radius 2 is 2.11 bits per heavy atom. The molecule has 104 valence electrons. The highest BCUT2D eigenvalue weighted by atomic mass is 35.5. The molecule has 2 heterocycles.